The van der Waals surface area contributed by atoms with Crippen LogP contribution in [0, 0.1) is 23.7 Å². The van der Waals surface area contributed by atoms with Crippen molar-refractivity contribution in [2.45, 2.75) is 89.7 Å². The van der Waals surface area contributed by atoms with Crippen molar-refractivity contribution in [1.82, 2.24) is 0 Å². The molecule has 7 heteroatoms. The lowest BCUT2D eigenvalue weighted by molar-refractivity contribution is -0.155. The highest BCUT2D eigenvalue weighted by Gasteiger charge is 2.62. The number of benzene rings is 1. The van der Waals surface area contributed by atoms with Crippen LogP contribution in [0.2, 0.25) is 18.1 Å². The van der Waals surface area contributed by atoms with Gasteiger partial charge in [0.25, 0.3) is 0 Å². The first-order valence-electron chi connectivity index (χ1n) is 13.9. The predicted octanol–water partition coefficient (Wildman–Crippen LogP) is 6.76. The third-order valence-corrected chi connectivity index (χ3v) is 13.7. The van der Waals surface area contributed by atoms with Crippen LogP contribution in [-0.4, -0.2) is 53.4 Å². The van der Waals surface area contributed by atoms with Gasteiger partial charge in [-0.15, -0.1) is 6.58 Å². The van der Waals surface area contributed by atoms with Crippen molar-refractivity contribution in [3.8, 4) is 11.5 Å². The Morgan fingerprint density at radius 2 is 1.84 bits per heavy atom. The van der Waals surface area contributed by atoms with E-state index in [0.29, 0.717) is 23.3 Å². The van der Waals surface area contributed by atoms with Crippen LogP contribution in [0.5, 0.6) is 11.5 Å². The van der Waals surface area contributed by atoms with E-state index >= 15 is 0 Å². The van der Waals surface area contributed by atoms with Gasteiger partial charge in [-0.25, -0.2) is 0 Å². The summed E-state index contributed by atoms with van der Waals surface area (Å²) in [6.45, 7) is 24.6. The van der Waals surface area contributed by atoms with Crippen LogP contribution in [0.4, 0.5) is 0 Å². The average Bonchev–Trinajstić information content (AvgIpc) is 3.36. The van der Waals surface area contributed by atoms with Crippen LogP contribution in [0.1, 0.15) is 46.6 Å². The summed E-state index contributed by atoms with van der Waals surface area (Å²) < 4.78 is 36.8. The maximum atomic E-state index is 7.28. The summed E-state index contributed by atoms with van der Waals surface area (Å²) in [4.78, 5) is 0. The van der Waals surface area contributed by atoms with Crippen LogP contribution >= 0.6 is 0 Å². The lowest BCUT2D eigenvalue weighted by Crippen LogP contribution is -2.57. The third-order valence-electron chi connectivity index (χ3n) is 9.22. The van der Waals surface area contributed by atoms with Gasteiger partial charge >= 0.3 is 0 Å². The first-order chi connectivity index (χ1) is 17.7. The summed E-state index contributed by atoms with van der Waals surface area (Å²) in [5.41, 5.74) is 2.33. The number of hydrogen-bond donors (Lipinski definition) is 0. The minimum Gasteiger partial charge on any atom is -0.493 e. The van der Waals surface area contributed by atoms with Gasteiger partial charge in [0.05, 0.1) is 13.2 Å². The molecule has 0 bridgehead atoms. The fraction of sp³-hybridized carbons (Fsp3) is 0.677. The minimum absolute atomic E-state index is 0.0735. The van der Waals surface area contributed by atoms with Gasteiger partial charge in [0.1, 0.15) is 12.2 Å². The molecule has 0 aromatic heterocycles. The summed E-state index contributed by atoms with van der Waals surface area (Å²) in [5, 5.41) is 0.0803. The molecule has 3 aliphatic rings. The molecular formula is C31H48O6Si. The Bertz CT molecular complexity index is 1030. The minimum atomic E-state index is -2.11. The Balaban J connectivity index is 1.72. The third kappa shape index (κ3) is 5.50. The molecular weight excluding hydrogens is 496 g/mol. The fourth-order valence-corrected chi connectivity index (χ4v) is 7.79. The quantitative estimate of drug-likeness (QED) is 0.195. The first kappa shape index (κ1) is 29.3. The number of methoxy groups -OCH3 is 2. The molecule has 2 aliphatic carbocycles. The monoisotopic (exact) mass is 544 g/mol. The molecule has 0 unspecified atom stereocenters. The van der Waals surface area contributed by atoms with E-state index in [2.05, 4.69) is 65.2 Å². The Kier molecular flexibility index (Phi) is 8.29. The summed E-state index contributed by atoms with van der Waals surface area (Å²) >= 11 is 0. The van der Waals surface area contributed by atoms with E-state index in [4.69, 9.17) is 28.1 Å². The van der Waals surface area contributed by atoms with Gasteiger partial charge in [0.2, 0.25) is 0 Å². The van der Waals surface area contributed by atoms with Gasteiger partial charge in [-0.2, -0.15) is 0 Å². The van der Waals surface area contributed by atoms with Gasteiger partial charge in [-0.1, -0.05) is 39.5 Å². The number of hydrogen-bond acceptors (Lipinski definition) is 6. The first-order valence-corrected chi connectivity index (χ1v) is 16.8. The standard InChI is InChI=1S/C31H48O6Si/c1-12-21-17-22(15-20-13-14-23(33-9)24(16-20)34-18-32-8)26-25(21)19(2)27-29(36-31(6,7)35-27)28(26)37-38(10,11)30(3,4)5/h12-14,16,21-22,25-29H,1-2,15,17-18H2,3-11H3/t21-,22+,25+,26-,27-,28-,29-/m1/s1. The maximum Gasteiger partial charge on any atom is 0.192 e. The van der Waals surface area contributed by atoms with E-state index < -0.39 is 14.1 Å². The van der Waals surface area contributed by atoms with E-state index in [-0.39, 0.29) is 42.0 Å². The van der Waals surface area contributed by atoms with E-state index in [0.717, 1.165) is 18.4 Å². The van der Waals surface area contributed by atoms with Gasteiger partial charge in [0, 0.05) is 7.11 Å². The molecule has 1 aromatic carbocycles. The lowest BCUT2D eigenvalue weighted by atomic mass is 9.68. The number of rotatable bonds is 9. The SMILES string of the molecule is C=C[C@@H]1C[C@H](Cc2ccc(OC)c(OCOC)c2)[C@H]2[C@@H](O[Si](C)(C)C(C)(C)C)[C@@H]3OC(C)(C)O[C@@H]3C(=C)[C@H]21. The van der Waals surface area contributed by atoms with Crippen LogP contribution in [0.25, 0.3) is 0 Å². The van der Waals surface area contributed by atoms with Crippen molar-refractivity contribution >= 4 is 8.32 Å². The summed E-state index contributed by atoms with van der Waals surface area (Å²) in [6, 6.07) is 6.20. The molecule has 0 spiro atoms. The van der Waals surface area contributed by atoms with Crippen LogP contribution in [-0.2, 0) is 25.1 Å². The normalized spacial score (nSPS) is 32.6. The van der Waals surface area contributed by atoms with E-state index in [9.17, 15) is 0 Å². The molecule has 6 nitrogen and oxygen atoms in total. The number of fused-ring (bicyclic) bond motifs is 2. The van der Waals surface area contributed by atoms with E-state index in [1.54, 1.807) is 14.2 Å². The lowest BCUT2D eigenvalue weighted by Gasteiger charge is -2.49. The van der Waals surface area contributed by atoms with E-state index in [1.807, 2.05) is 19.9 Å². The molecule has 1 saturated heterocycles. The Labute approximate surface area is 230 Å². The van der Waals surface area contributed by atoms with Crippen molar-refractivity contribution in [2.24, 2.45) is 23.7 Å². The highest BCUT2D eigenvalue weighted by Crippen LogP contribution is 2.58. The smallest absolute Gasteiger partial charge is 0.192 e. The number of allylic oxidation sites excluding steroid dienone is 1. The zero-order valence-electron chi connectivity index (χ0n) is 24.8. The molecule has 1 heterocycles. The second kappa shape index (κ2) is 10.7. The predicted molar refractivity (Wildman–Crippen MR) is 153 cm³/mol. The molecule has 3 fully saturated rings. The van der Waals surface area contributed by atoms with Gasteiger partial charge < -0.3 is 28.1 Å². The number of ether oxygens (including phenoxy) is 5. The fourth-order valence-electron chi connectivity index (χ4n) is 6.46. The van der Waals surface area contributed by atoms with Crippen molar-refractivity contribution in [3.05, 3.63) is 48.6 Å². The zero-order chi connectivity index (χ0) is 28.0. The van der Waals surface area contributed by atoms with Gasteiger partial charge in [0.15, 0.2) is 32.4 Å². The Hall–Kier alpha value is -1.64. The topological polar surface area (TPSA) is 55.4 Å². The molecule has 4 rings (SSSR count). The highest BCUT2D eigenvalue weighted by molar-refractivity contribution is 6.74. The molecule has 0 amide bonds. The molecule has 212 valence electrons. The Morgan fingerprint density at radius 3 is 2.45 bits per heavy atom. The highest BCUT2D eigenvalue weighted by atomic mass is 28.4. The molecule has 38 heavy (non-hydrogen) atoms. The largest absolute Gasteiger partial charge is 0.493 e. The van der Waals surface area contributed by atoms with Gasteiger partial charge in [-0.05, 0) is 91.8 Å². The molecule has 0 radical (unpaired) electrons. The average molecular weight is 545 g/mol. The van der Waals surface area contributed by atoms with Crippen molar-refractivity contribution in [1.29, 1.82) is 0 Å². The second-order valence-corrected chi connectivity index (χ2v) is 17.9. The van der Waals surface area contributed by atoms with Crippen molar-refractivity contribution < 1.29 is 28.1 Å². The molecule has 7 atom stereocenters. The second-order valence-electron chi connectivity index (χ2n) is 13.2. The molecule has 1 aromatic rings. The maximum absolute atomic E-state index is 7.28. The molecule has 1 aliphatic heterocycles. The van der Waals surface area contributed by atoms with Gasteiger partial charge in [-0.3, -0.25) is 0 Å². The van der Waals surface area contributed by atoms with Crippen molar-refractivity contribution in [3.63, 3.8) is 0 Å². The van der Waals surface area contributed by atoms with Crippen LogP contribution < -0.4 is 9.47 Å². The molecule has 2 saturated carbocycles. The summed E-state index contributed by atoms with van der Waals surface area (Å²) in [5.74, 6) is 1.90. The van der Waals surface area contributed by atoms with Crippen LogP contribution in [0.15, 0.2) is 43.0 Å². The Morgan fingerprint density at radius 1 is 1.13 bits per heavy atom. The molecule has 0 N–H and O–H groups in total. The van der Waals surface area contributed by atoms with E-state index in [1.165, 1.54) is 5.56 Å². The summed E-state index contributed by atoms with van der Waals surface area (Å²) in [7, 11) is 1.16. The summed E-state index contributed by atoms with van der Waals surface area (Å²) in [6.07, 6.45) is 3.63. The zero-order valence-corrected chi connectivity index (χ0v) is 25.8. The van der Waals surface area contributed by atoms with Crippen molar-refractivity contribution in [2.75, 3.05) is 21.0 Å². The van der Waals surface area contributed by atoms with Crippen LogP contribution in [0.3, 0.4) is 0 Å².